The third kappa shape index (κ3) is 3.23. The van der Waals surface area contributed by atoms with Crippen LogP contribution in [0.1, 0.15) is 66.7 Å². The average Bonchev–Trinajstić information content (AvgIpc) is 2.44. The highest BCUT2D eigenvalue weighted by Crippen LogP contribution is 2.62. The second kappa shape index (κ2) is 6.11. The largest absolute Gasteiger partial charge is 0.481 e. The van der Waals surface area contributed by atoms with Crippen LogP contribution in [0.25, 0.3) is 0 Å². The Bertz CT molecular complexity index is 583. The maximum Gasteiger partial charge on any atom is 0.309 e. The van der Waals surface area contributed by atoms with Gasteiger partial charge >= 0.3 is 11.9 Å². The minimum atomic E-state index is -0.981. The average molecular weight is 352 g/mol. The smallest absolute Gasteiger partial charge is 0.309 e. The van der Waals surface area contributed by atoms with E-state index in [0.717, 1.165) is 19.3 Å². The second-order valence-corrected chi connectivity index (χ2v) is 9.22. The maximum atomic E-state index is 11.9. The molecule has 0 aromatic rings. The van der Waals surface area contributed by atoms with E-state index >= 15 is 0 Å². The molecule has 5 nitrogen and oxygen atoms in total. The molecule has 1 heterocycles. The fourth-order valence-electron chi connectivity index (χ4n) is 5.70. The summed E-state index contributed by atoms with van der Waals surface area (Å²) in [4.78, 5) is 23.6. The van der Waals surface area contributed by atoms with Gasteiger partial charge in [-0.15, -0.1) is 6.58 Å². The molecule has 25 heavy (non-hydrogen) atoms. The Hall–Kier alpha value is -1.36. The Kier molecular flexibility index (Phi) is 4.88. The van der Waals surface area contributed by atoms with Crippen LogP contribution < -0.4 is 0 Å². The lowest BCUT2D eigenvalue weighted by Gasteiger charge is -2.62. The van der Waals surface area contributed by atoms with Crippen molar-refractivity contribution in [1.82, 2.24) is 0 Å². The lowest BCUT2D eigenvalue weighted by molar-refractivity contribution is -0.247. The first kappa shape index (κ1) is 20.0. The summed E-state index contributed by atoms with van der Waals surface area (Å²) in [5.41, 5.74) is -2.49. The van der Waals surface area contributed by atoms with E-state index in [9.17, 15) is 19.8 Å². The summed E-state index contributed by atoms with van der Waals surface area (Å²) in [6.45, 7) is 13.4. The SMILES string of the molecule is C=C[C@@]1(C)CC[C@@H]2[C@@](C)(CC(=O)O)[C@@H](C(C)(C)C(=O)O)CC[C@@]2(C)O1. The molecule has 0 spiro atoms. The molecule has 5 heteroatoms. The summed E-state index contributed by atoms with van der Waals surface area (Å²) >= 11 is 0. The number of rotatable bonds is 5. The second-order valence-electron chi connectivity index (χ2n) is 9.22. The quantitative estimate of drug-likeness (QED) is 0.727. The Balaban J connectivity index is 2.49. The molecule has 0 amide bonds. The van der Waals surface area contributed by atoms with Crippen molar-refractivity contribution in [3.8, 4) is 0 Å². The van der Waals surface area contributed by atoms with Crippen LogP contribution in [-0.4, -0.2) is 33.4 Å². The lowest BCUT2D eigenvalue weighted by Crippen LogP contribution is -2.62. The van der Waals surface area contributed by atoms with E-state index in [0.29, 0.717) is 6.42 Å². The van der Waals surface area contributed by atoms with Crippen molar-refractivity contribution in [3.63, 3.8) is 0 Å². The molecule has 1 aliphatic carbocycles. The van der Waals surface area contributed by atoms with Crippen LogP contribution in [0.4, 0.5) is 0 Å². The van der Waals surface area contributed by atoms with Crippen LogP contribution in [-0.2, 0) is 14.3 Å². The molecule has 5 atom stereocenters. The number of hydrogen-bond acceptors (Lipinski definition) is 3. The van der Waals surface area contributed by atoms with Gasteiger partial charge in [0.2, 0.25) is 0 Å². The molecule has 1 saturated heterocycles. The van der Waals surface area contributed by atoms with Gasteiger partial charge in [0.25, 0.3) is 0 Å². The van der Waals surface area contributed by atoms with Crippen molar-refractivity contribution >= 4 is 11.9 Å². The van der Waals surface area contributed by atoms with Crippen molar-refractivity contribution in [1.29, 1.82) is 0 Å². The number of carboxylic acids is 2. The first-order valence-corrected chi connectivity index (χ1v) is 9.10. The van der Waals surface area contributed by atoms with Crippen molar-refractivity contribution in [2.45, 2.75) is 77.9 Å². The van der Waals surface area contributed by atoms with Gasteiger partial charge in [-0.05, 0) is 70.6 Å². The third-order valence-electron chi connectivity index (χ3n) is 7.04. The van der Waals surface area contributed by atoms with Crippen LogP contribution in [0.5, 0.6) is 0 Å². The van der Waals surface area contributed by atoms with E-state index in [2.05, 4.69) is 13.5 Å². The first-order valence-electron chi connectivity index (χ1n) is 9.10. The van der Waals surface area contributed by atoms with Gasteiger partial charge in [-0.25, -0.2) is 0 Å². The molecule has 142 valence electrons. The first-order chi connectivity index (χ1) is 11.3. The normalized spacial score (nSPS) is 41.6. The monoisotopic (exact) mass is 352 g/mol. The molecule has 0 aromatic carbocycles. The zero-order valence-electron chi connectivity index (χ0n) is 16.1. The molecule has 2 N–H and O–H groups in total. The number of aliphatic carboxylic acids is 2. The zero-order valence-corrected chi connectivity index (χ0v) is 16.1. The van der Waals surface area contributed by atoms with Gasteiger partial charge in [-0.2, -0.15) is 0 Å². The molecule has 1 aliphatic heterocycles. The van der Waals surface area contributed by atoms with Crippen molar-refractivity contribution < 1.29 is 24.5 Å². The standard InChI is InChI=1S/C20H32O5/c1-7-18(4)10-8-14-19(5,12-15(21)22)13(17(2,3)16(23)24)9-11-20(14,6)25-18/h7,13-14H,1,8-12H2,2-6H3,(H,21,22)(H,23,24)/t13-,14-,18+,19+,20-/m1/s1. The van der Waals surface area contributed by atoms with Crippen LogP contribution in [0, 0.1) is 22.7 Å². The van der Waals surface area contributed by atoms with Crippen molar-refractivity contribution in [3.05, 3.63) is 12.7 Å². The van der Waals surface area contributed by atoms with Gasteiger partial charge in [-0.3, -0.25) is 9.59 Å². The summed E-state index contributed by atoms with van der Waals surface area (Å²) < 4.78 is 6.45. The number of carboxylic acid groups (broad SMARTS) is 2. The Labute approximate surface area is 150 Å². The Morgan fingerprint density at radius 2 is 1.80 bits per heavy atom. The van der Waals surface area contributed by atoms with Gasteiger partial charge in [0.05, 0.1) is 23.0 Å². The van der Waals surface area contributed by atoms with E-state index in [-0.39, 0.29) is 18.3 Å². The zero-order chi connectivity index (χ0) is 19.3. The fraction of sp³-hybridized carbons (Fsp3) is 0.800. The summed E-state index contributed by atoms with van der Waals surface area (Å²) in [5, 5.41) is 19.3. The molecule has 0 bridgehead atoms. The molecule has 2 aliphatic rings. The van der Waals surface area contributed by atoms with Crippen molar-refractivity contribution in [2.75, 3.05) is 0 Å². The number of hydrogen-bond donors (Lipinski definition) is 2. The number of carbonyl (C=O) groups is 2. The predicted octanol–water partition coefficient (Wildman–Crippen LogP) is 4.12. The minimum Gasteiger partial charge on any atom is -0.481 e. The highest BCUT2D eigenvalue weighted by atomic mass is 16.5. The van der Waals surface area contributed by atoms with E-state index in [1.165, 1.54) is 0 Å². The highest BCUT2D eigenvalue weighted by molar-refractivity contribution is 5.75. The molecule has 1 saturated carbocycles. The van der Waals surface area contributed by atoms with Crippen LogP contribution in [0.15, 0.2) is 12.7 Å². The molecular weight excluding hydrogens is 320 g/mol. The van der Waals surface area contributed by atoms with E-state index in [4.69, 9.17) is 4.74 Å². The van der Waals surface area contributed by atoms with E-state index in [1.54, 1.807) is 13.8 Å². The van der Waals surface area contributed by atoms with E-state index < -0.39 is 34.0 Å². The molecule has 0 unspecified atom stereocenters. The van der Waals surface area contributed by atoms with Crippen LogP contribution in [0.3, 0.4) is 0 Å². The van der Waals surface area contributed by atoms with Gasteiger partial charge in [0, 0.05) is 0 Å². The summed E-state index contributed by atoms with van der Waals surface area (Å²) in [7, 11) is 0. The minimum absolute atomic E-state index is 0.00139. The van der Waals surface area contributed by atoms with Gasteiger partial charge in [-0.1, -0.05) is 13.0 Å². The predicted molar refractivity (Wildman–Crippen MR) is 95.3 cm³/mol. The van der Waals surface area contributed by atoms with Crippen molar-refractivity contribution in [2.24, 2.45) is 22.7 Å². The lowest BCUT2D eigenvalue weighted by atomic mass is 9.47. The van der Waals surface area contributed by atoms with Crippen LogP contribution in [0.2, 0.25) is 0 Å². The molecule has 2 fully saturated rings. The molecule has 2 rings (SSSR count). The topological polar surface area (TPSA) is 83.8 Å². The molecule has 0 aromatic heterocycles. The van der Waals surface area contributed by atoms with Crippen LogP contribution >= 0.6 is 0 Å². The Morgan fingerprint density at radius 1 is 1.20 bits per heavy atom. The van der Waals surface area contributed by atoms with Gasteiger partial charge in [0.15, 0.2) is 0 Å². The highest BCUT2D eigenvalue weighted by Gasteiger charge is 2.62. The fourth-order valence-corrected chi connectivity index (χ4v) is 5.70. The molecular formula is C20H32O5. The number of fused-ring (bicyclic) bond motifs is 1. The van der Waals surface area contributed by atoms with Gasteiger partial charge in [0.1, 0.15) is 0 Å². The third-order valence-corrected chi connectivity index (χ3v) is 7.04. The summed E-state index contributed by atoms with van der Waals surface area (Å²) in [6, 6.07) is 0. The number of ether oxygens (including phenoxy) is 1. The summed E-state index contributed by atoms with van der Waals surface area (Å²) in [5.74, 6) is -1.97. The van der Waals surface area contributed by atoms with Gasteiger partial charge < -0.3 is 14.9 Å². The molecule has 0 radical (unpaired) electrons. The van der Waals surface area contributed by atoms with E-state index in [1.807, 2.05) is 19.9 Å². The summed E-state index contributed by atoms with van der Waals surface area (Å²) in [6.07, 6.45) is 4.75. The maximum absolute atomic E-state index is 11.9. The Morgan fingerprint density at radius 3 is 2.28 bits per heavy atom.